The maximum Gasteiger partial charge on any atom is 0.244 e. The van der Waals surface area contributed by atoms with E-state index >= 15 is 0 Å². The molecule has 0 aromatic rings. The molecular weight excluding hydrogens is 114 g/mol. The highest BCUT2D eigenvalue weighted by molar-refractivity contribution is 5.80. The van der Waals surface area contributed by atoms with Crippen molar-refractivity contribution in [3.8, 4) is 0 Å². The summed E-state index contributed by atoms with van der Waals surface area (Å²) in [5.41, 5.74) is 0. The quantitative estimate of drug-likeness (QED) is 0.553. The van der Waals surface area contributed by atoms with Crippen molar-refractivity contribution >= 4 is 5.91 Å². The Balaban J connectivity index is 2.03. The van der Waals surface area contributed by atoms with E-state index in [1.54, 1.807) is 0 Å². The zero-order valence-corrected chi connectivity index (χ0v) is 5.76. The minimum atomic E-state index is 0.136. The lowest BCUT2D eigenvalue weighted by atomic mass is 10.4. The summed E-state index contributed by atoms with van der Waals surface area (Å²) in [6.45, 7) is 2.75. The van der Waals surface area contributed by atoms with Crippen molar-refractivity contribution in [3.05, 3.63) is 0 Å². The second kappa shape index (κ2) is 2.85. The van der Waals surface area contributed by atoms with Gasteiger partial charge < -0.3 is 0 Å². The van der Waals surface area contributed by atoms with Crippen LogP contribution in [0.4, 0.5) is 0 Å². The summed E-state index contributed by atoms with van der Waals surface area (Å²) < 4.78 is 0. The van der Waals surface area contributed by atoms with Gasteiger partial charge in [-0.2, -0.15) is 0 Å². The highest BCUT2D eigenvalue weighted by atomic mass is 16.2. The van der Waals surface area contributed by atoms with Gasteiger partial charge in [-0.15, -0.1) is 0 Å². The standard InChI is InChI=1S/C7H12NO/c1-2-5-8-7(9)6-3-4-6/h6H,2-5H2,1H3. The molecule has 1 aliphatic carbocycles. The molecule has 0 saturated heterocycles. The number of hydrogen-bond acceptors (Lipinski definition) is 1. The molecule has 0 heterocycles. The summed E-state index contributed by atoms with van der Waals surface area (Å²) in [6, 6.07) is 0. The highest BCUT2D eigenvalue weighted by Gasteiger charge is 2.29. The normalized spacial score (nSPS) is 17.4. The van der Waals surface area contributed by atoms with Gasteiger partial charge in [0.1, 0.15) is 0 Å². The van der Waals surface area contributed by atoms with Crippen molar-refractivity contribution in [1.29, 1.82) is 0 Å². The van der Waals surface area contributed by atoms with Crippen molar-refractivity contribution in [2.24, 2.45) is 5.92 Å². The van der Waals surface area contributed by atoms with Gasteiger partial charge in [0.15, 0.2) is 0 Å². The molecule has 0 aliphatic heterocycles. The van der Waals surface area contributed by atoms with Crippen LogP contribution in [0.25, 0.3) is 0 Å². The van der Waals surface area contributed by atoms with Crippen LogP contribution in [-0.4, -0.2) is 12.5 Å². The average molecular weight is 126 g/mol. The second-order valence-electron chi connectivity index (χ2n) is 2.49. The van der Waals surface area contributed by atoms with Crippen LogP contribution >= 0.6 is 0 Å². The van der Waals surface area contributed by atoms with Gasteiger partial charge in [0.25, 0.3) is 0 Å². The second-order valence-corrected chi connectivity index (χ2v) is 2.49. The van der Waals surface area contributed by atoms with Crippen LogP contribution in [0.5, 0.6) is 0 Å². The fourth-order valence-electron chi connectivity index (χ4n) is 0.681. The molecule has 1 fully saturated rings. The van der Waals surface area contributed by atoms with Crippen molar-refractivity contribution < 1.29 is 4.79 Å². The Morgan fingerprint density at radius 3 is 2.78 bits per heavy atom. The summed E-state index contributed by atoms with van der Waals surface area (Å²) >= 11 is 0. The van der Waals surface area contributed by atoms with Gasteiger partial charge in [0, 0.05) is 12.5 Å². The van der Waals surface area contributed by atoms with E-state index in [1.165, 1.54) is 0 Å². The monoisotopic (exact) mass is 126 g/mol. The summed E-state index contributed by atoms with van der Waals surface area (Å²) in [6.07, 6.45) is 3.14. The molecule has 0 unspecified atom stereocenters. The minimum absolute atomic E-state index is 0.136. The predicted molar refractivity (Wildman–Crippen MR) is 35.0 cm³/mol. The Morgan fingerprint density at radius 1 is 1.67 bits per heavy atom. The third-order valence-corrected chi connectivity index (χ3v) is 1.42. The first-order chi connectivity index (χ1) is 4.34. The van der Waals surface area contributed by atoms with Crippen LogP contribution in [0, 0.1) is 5.92 Å². The van der Waals surface area contributed by atoms with E-state index in [1.807, 2.05) is 6.92 Å². The maximum atomic E-state index is 10.8. The lowest BCUT2D eigenvalue weighted by Crippen LogP contribution is -2.17. The maximum absolute atomic E-state index is 10.8. The zero-order valence-electron chi connectivity index (χ0n) is 5.76. The van der Waals surface area contributed by atoms with Crippen LogP contribution in [-0.2, 0) is 4.79 Å². The Hall–Kier alpha value is -0.530. The van der Waals surface area contributed by atoms with E-state index in [0.29, 0.717) is 5.92 Å². The third kappa shape index (κ3) is 2.04. The van der Waals surface area contributed by atoms with Crippen LogP contribution < -0.4 is 5.32 Å². The molecule has 51 valence electrons. The molecule has 1 aliphatic rings. The third-order valence-electron chi connectivity index (χ3n) is 1.42. The fraction of sp³-hybridized carbons (Fsp3) is 0.857. The minimum Gasteiger partial charge on any atom is -0.273 e. The Morgan fingerprint density at radius 2 is 2.33 bits per heavy atom. The molecule has 0 atom stereocenters. The molecule has 0 aromatic carbocycles. The number of amides is 1. The number of carbonyl (C=O) groups is 1. The smallest absolute Gasteiger partial charge is 0.244 e. The van der Waals surface area contributed by atoms with Crippen LogP contribution in [0.3, 0.4) is 0 Å². The summed E-state index contributed by atoms with van der Waals surface area (Å²) in [4.78, 5) is 10.8. The summed E-state index contributed by atoms with van der Waals surface area (Å²) in [5, 5.41) is 3.87. The van der Waals surface area contributed by atoms with E-state index in [4.69, 9.17) is 0 Å². The van der Waals surface area contributed by atoms with Crippen molar-refractivity contribution in [2.45, 2.75) is 26.2 Å². The molecule has 1 radical (unpaired) electrons. The molecule has 0 aromatic heterocycles. The molecule has 1 saturated carbocycles. The van der Waals surface area contributed by atoms with Gasteiger partial charge in [-0.1, -0.05) is 6.92 Å². The SMILES string of the molecule is CCC[N]C(=O)C1CC1. The molecule has 0 bridgehead atoms. The zero-order chi connectivity index (χ0) is 6.69. The first-order valence-electron chi connectivity index (χ1n) is 3.56. The largest absolute Gasteiger partial charge is 0.273 e. The summed E-state index contributed by atoms with van der Waals surface area (Å²) in [5.74, 6) is 0.452. The molecule has 2 heteroatoms. The lowest BCUT2D eigenvalue weighted by molar-refractivity contribution is -0.122. The van der Waals surface area contributed by atoms with Gasteiger partial charge in [-0.05, 0) is 19.3 Å². The van der Waals surface area contributed by atoms with Crippen LogP contribution in [0.2, 0.25) is 0 Å². The topological polar surface area (TPSA) is 31.2 Å². The molecular formula is C7H12NO. The molecule has 1 amide bonds. The fourth-order valence-corrected chi connectivity index (χ4v) is 0.681. The average Bonchev–Trinajstić information content (AvgIpc) is 2.63. The van der Waals surface area contributed by atoms with Gasteiger partial charge in [-0.25, -0.2) is 0 Å². The van der Waals surface area contributed by atoms with E-state index in [-0.39, 0.29) is 5.91 Å². The molecule has 0 spiro atoms. The number of carbonyl (C=O) groups excluding carboxylic acids is 1. The number of rotatable bonds is 3. The van der Waals surface area contributed by atoms with Crippen molar-refractivity contribution in [3.63, 3.8) is 0 Å². The predicted octanol–water partition coefficient (Wildman–Crippen LogP) is 0.937. The Labute approximate surface area is 55.6 Å². The Kier molecular flexibility index (Phi) is 2.09. The highest BCUT2D eigenvalue weighted by Crippen LogP contribution is 2.28. The van der Waals surface area contributed by atoms with E-state index in [2.05, 4.69) is 5.32 Å². The van der Waals surface area contributed by atoms with Gasteiger partial charge >= 0.3 is 0 Å². The molecule has 9 heavy (non-hydrogen) atoms. The van der Waals surface area contributed by atoms with Crippen molar-refractivity contribution in [1.82, 2.24) is 5.32 Å². The Bertz CT molecular complexity index is 107. The van der Waals surface area contributed by atoms with E-state index < -0.39 is 0 Å². The van der Waals surface area contributed by atoms with E-state index in [0.717, 1.165) is 25.8 Å². The van der Waals surface area contributed by atoms with Gasteiger partial charge in [0.05, 0.1) is 0 Å². The molecule has 0 N–H and O–H groups in total. The first kappa shape index (κ1) is 6.59. The molecule has 1 rings (SSSR count). The van der Waals surface area contributed by atoms with E-state index in [9.17, 15) is 4.79 Å². The lowest BCUT2D eigenvalue weighted by Gasteiger charge is -1.94. The van der Waals surface area contributed by atoms with Crippen LogP contribution in [0.15, 0.2) is 0 Å². The van der Waals surface area contributed by atoms with Gasteiger partial charge in [-0.3, -0.25) is 10.1 Å². The summed E-state index contributed by atoms with van der Waals surface area (Å²) in [7, 11) is 0. The van der Waals surface area contributed by atoms with Gasteiger partial charge in [0.2, 0.25) is 5.91 Å². The van der Waals surface area contributed by atoms with Crippen molar-refractivity contribution in [2.75, 3.05) is 6.54 Å². The molecule has 2 nitrogen and oxygen atoms in total. The first-order valence-corrected chi connectivity index (χ1v) is 3.56. The number of nitrogens with zero attached hydrogens (tertiary/aromatic N) is 1. The van der Waals surface area contributed by atoms with Crippen LogP contribution in [0.1, 0.15) is 26.2 Å². The number of hydrogen-bond donors (Lipinski definition) is 0.